The maximum absolute atomic E-state index is 12.9. The Labute approximate surface area is 199 Å². The van der Waals surface area contributed by atoms with E-state index in [4.69, 9.17) is 9.72 Å². The van der Waals surface area contributed by atoms with Crippen molar-refractivity contribution in [3.63, 3.8) is 0 Å². The molecule has 1 saturated heterocycles. The predicted molar refractivity (Wildman–Crippen MR) is 133 cm³/mol. The van der Waals surface area contributed by atoms with E-state index in [1.54, 1.807) is 0 Å². The van der Waals surface area contributed by atoms with E-state index in [9.17, 15) is 9.90 Å². The minimum Gasteiger partial charge on any atom is -0.491 e. The molecule has 2 atom stereocenters. The molecule has 1 aromatic heterocycles. The van der Waals surface area contributed by atoms with Crippen LogP contribution in [0, 0.1) is 13.8 Å². The van der Waals surface area contributed by atoms with Crippen LogP contribution in [0.15, 0.2) is 72.8 Å². The third-order valence-electron chi connectivity index (χ3n) is 6.44. The first-order valence-corrected chi connectivity index (χ1v) is 11.7. The molecule has 0 saturated carbocycles. The average molecular weight is 456 g/mol. The van der Waals surface area contributed by atoms with E-state index < -0.39 is 6.10 Å². The van der Waals surface area contributed by atoms with Crippen molar-refractivity contribution in [1.82, 2.24) is 9.55 Å². The normalized spacial score (nSPS) is 16.9. The van der Waals surface area contributed by atoms with Gasteiger partial charge in [0.1, 0.15) is 24.3 Å². The zero-order chi connectivity index (χ0) is 23.7. The number of hydrogen-bond donors (Lipinski definition) is 1. The van der Waals surface area contributed by atoms with Gasteiger partial charge in [0.25, 0.3) is 0 Å². The Morgan fingerprint density at radius 2 is 1.76 bits per heavy atom. The van der Waals surface area contributed by atoms with Crippen LogP contribution in [0.25, 0.3) is 11.0 Å². The Hall–Kier alpha value is -3.64. The highest BCUT2D eigenvalue weighted by Gasteiger charge is 2.35. The van der Waals surface area contributed by atoms with Crippen molar-refractivity contribution in [2.75, 3.05) is 18.1 Å². The van der Waals surface area contributed by atoms with Gasteiger partial charge in [-0.3, -0.25) is 4.79 Å². The van der Waals surface area contributed by atoms with E-state index in [0.29, 0.717) is 19.5 Å². The summed E-state index contributed by atoms with van der Waals surface area (Å²) in [6.07, 6.45) is -0.325. The molecule has 6 nitrogen and oxygen atoms in total. The molecule has 1 aliphatic heterocycles. The number of rotatable bonds is 7. The topological polar surface area (TPSA) is 67.6 Å². The summed E-state index contributed by atoms with van der Waals surface area (Å²) in [6, 6.07) is 23.7. The Morgan fingerprint density at radius 1 is 1.03 bits per heavy atom. The van der Waals surface area contributed by atoms with Crippen molar-refractivity contribution < 1.29 is 14.6 Å². The second-order valence-corrected chi connectivity index (χ2v) is 9.04. The van der Waals surface area contributed by atoms with Gasteiger partial charge < -0.3 is 19.3 Å². The van der Waals surface area contributed by atoms with E-state index in [1.807, 2.05) is 91.5 Å². The largest absolute Gasteiger partial charge is 0.491 e. The minimum atomic E-state index is -0.721. The fraction of sp³-hybridized carbons (Fsp3) is 0.286. The van der Waals surface area contributed by atoms with Crippen LogP contribution in [-0.2, 0) is 11.3 Å². The lowest BCUT2D eigenvalue weighted by molar-refractivity contribution is -0.117. The van der Waals surface area contributed by atoms with E-state index in [1.165, 1.54) is 0 Å². The van der Waals surface area contributed by atoms with Crippen LogP contribution in [0.3, 0.4) is 0 Å². The number of aryl methyl sites for hydroxylation is 2. The molecule has 174 valence electrons. The van der Waals surface area contributed by atoms with Crippen LogP contribution in [0.5, 0.6) is 5.75 Å². The number of para-hydroxylation sites is 3. The molecule has 1 fully saturated rings. The molecule has 6 heteroatoms. The summed E-state index contributed by atoms with van der Waals surface area (Å²) in [7, 11) is 0. The molecule has 1 aliphatic rings. The highest BCUT2D eigenvalue weighted by molar-refractivity contribution is 5.96. The third kappa shape index (κ3) is 4.41. The number of nitrogens with zero attached hydrogens (tertiary/aromatic N) is 3. The number of anilines is 1. The van der Waals surface area contributed by atoms with Gasteiger partial charge in [0.05, 0.1) is 17.6 Å². The number of imidazole rings is 1. The molecule has 0 spiro atoms. The molecule has 2 heterocycles. The first-order valence-electron chi connectivity index (χ1n) is 11.7. The number of ether oxygens (including phenoxy) is 1. The summed E-state index contributed by atoms with van der Waals surface area (Å²) in [5.74, 6) is 1.65. The van der Waals surface area contributed by atoms with Crippen molar-refractivity contribution in [3.05, 3.63) is 89.7 Å². The van der Waals surface area contributed by atoms with E-state index in [0.717, 1.165) is 39.4 Å². The predicted octanol–water partition coefficient (Wildman–Crippen LogP) is 4.61. The fourth-order valence-corrected chi connectivity index (χ4v) is 4.62. The van der Waals surface area contributed by atoms with Crippen LogP contribution >= 0.6 is 0 Å². The van der Waals surface area contributed by atoms with Crippen LogP contribution < -0.4 is 9.64 Å². The summed E-state index contributed by atoms with van der Waals surface area (Å²) in [4.78, 5) is 19.6. The molecule has 34 heavy (non-hydrogen) atoms. The molecule has 0 unspecified atom stereocenters. The Bertz CT molecular complexity index is 1310. The molecule has 3 aromatic carbocycles. The van der Waals surface area contributed by atoms with Crippen LogP contribution in [0.1, 0.15) is 29.3 Å². The maximum atomic E-state index is 12.9. The van der Waals surface area contributed by atoms with Gasteiger partial charge in [-0.15, -0.1) is 0 Å². The van der Waals surface area contributed by atoms with Crippen LogP contribution in [-0.4, -0.2) is 39.8 Å². The number of hydrogen-bond acceptors (Lipinski definition) is 4. The lowest BCUT2D eigenvalue weighted by Gasteiger charge is -2.19. The Balaban J connectivity index is 1.38. The summed E-state index contributed by atoms with van der Waals surface area (Å²) < 4.78 is 7.93. The summed E-state index contributed by atoms with van der Waals surface area (Å²) in [5.41, 5.74) is 4.92. The summed E-state index contributed by atoms with van der Waals surface area (Å²) >= 11 is 0. The monoisotopic (exact) mass is 455 g/mol. The molecule has 0 aliphatic carbocycles. The highest BCUT2D eigenvalue weighted by atomic mass is 16.5. The van der Waals surface area contributed by atoms with Gasteiger partial charge in [0.2, 0.25) is 5.91 Å². The highest BCUT2D eigenvalue weighted by Crippen LogP contribution is 2.33. The molecule has 1 N–H and O–H groups in total. The number of aromatic nitrogens is 2. The zero-order valence-corrected chi connectivity index (χ0v) is 19.5. The molecule has 0 radical (unpaired) electrons. The van der Waals surface area contributed by atoms with Gasteiger partial charge in [-0.2, -0.15) is 0 Å². The van der Waals surface area contributed by atoms with Gasteiger partial charge in [0.15, 0.2) is 0 Å². The molecule has 0 bridgehead atoms. The minimum absolute atomic E-state index is 0.0503. The van der Waals surface area contributed by atoms with E-state index in [-0.39, 0.29) is 18.4 Å². The van der Waals surface area contributed by atoms with Gasteiger partial charge in [0, 0.05) is 24.6 Å². The van der Waals surface area contributed by atoms with Gasteiger partial charge in [-0.25, -0.2) is 4.98 Å². The van der Waals surface area contributed by atoms with Crippen molar-refractivity contribution in [3.8, 4) is 5.75 Å². The molecule has 4 aromatic rings. The quantitative estimate of drug-likeness (QED) is 0.442. The van der Waals surface area contributed by atoms with Gasteiger partial charge >= 0.3 is 0 Å². The number of carbonyl (C=O) groups excluding carboxylic acids is 1. The van der Waals surface area contributed by atoms with E-state index >= 15 is 0 Å². The maximum Gasteiger partial charge on any atom is 0.227 e. The standard InChI is InChI=1S/C28H29N3O3/c1-19-11-13-22(14-12-19)30-16-21(15-27(30)33)28-29-24-8-4-5-9-25(24)31(28)17-23(32)18-34-26-10-6-3-7-20(26)2/h3-14,21,23,32H,15-18H2,1-2H3/t21-,23-/m0/s1. The van der Waals surface area contributed by atoms with Crippen molar-refractivity contribution in [2.45, 2.75) is 38.8 Å². The number of amides is 1. The summed E-state index contributed by atoms with van der Waals surface area (Å²) in [5, 5.41) is 10.9. The second kappa shape index (κ2) is 9.31. The Morgan fingerprint density at radius 3 is 2.56 bits per heavy atom. The van der Waals surface area contributed by atoms with E-state index in [2.05, 4.69) is 4.57 Å². The lowest BCUT2D eigenvalue weighted by Crippen LogP contribution is -2.26. The smallest absolute Gasteiger partial charge is 0.227 e. The molecule has 5 rings (SSSR count). The second-order valence-electron chi connectivity index (χ2n) is 9.04. The number of benzene rings is 3. The molecule has 1 amide bonds. The first-order chi connectivity index (χ1) is 16.5. The van der Waals surface area contributed by atoms with Crippen LogP contribution in [0.2, 0.25) is 0 Å². The molecular weight excluding hydrogens is 426 g/mol. The molecular formula is C28H29N3O3. The number of aliphatic hydroxyl groups excluding tert-OH is 1. The SMILES string of the molecule is Cc1ccc(N2C[C@@H](c3nc4ccccc4n3C[C@H](O)COc3ccccc3C)CC2=O)cc1. The zero-order valence-electron chi connectivity index (χ0n) is 19.5. The van der Waals surface area contributed by atoms with Crippen molar-refractivity contribution in [2.24, 2.45) is 0 Å². The average Bonchev–Trinajstić information content (AvgIpc) is 3.40. The first kappa shape index (κ1) is 22.2. The third-order valence-corrected chi connectivity index (χ3v) is 6.44. The van der Waals surface area contributed by atoms with Gasteiger partial charge in [-0.05, 0) is 49.7 Å². The van der Waals surface area contributed by atoms with Gasteiger partial charge in [-0.1, -0.05) is 48.0 Å². The number of fused-ring (bicyclic) bond motifs is 1. The summed E-state index contributed by atoms with van der Waals surface area (Å²) in [6.45, 7) is 5.11. The Kier molecular flexibility index (Phi) is 6.07. The lowest BCUT2D eigenvalue weighted by atomic mass is 10.1. The van der Waals surface area contributed by atoms with Crippen molar-refractivity contribution >= 4 is 22.6 Å². The number of aliphatic hydroxyl groups is 1. The van der Waals surface area contributed by atoms with Crippen molar-refractivity contribution in [1.29, 1.82) is 0 Å². The van der Waals surface area contributed by atoms with Crippen LogP contribution in [0.4, 0.5) is 5.69 Å². The number of carbonyl (C=O) groups is 1. The fourth-order valence-electron chi connectivity index (χ4n) is 4.62.